The molecule has 0 bridgehead atoms. The van der Waals surface area contributed by atoms with Crippen LogP contribution in [-0.2, 0) is 19.4 Å². The van der Waals surface area contributed by atoms with Crippen LogP contribution in [0.25, 0.3) is 0 Å². The van der Waals surface area contributed by atoms with Gasteiger partial charge in [0.2, 0.25) is 0 Å². The SMILES string of the molecule is CCc1nc(Cc2nccn2CC)c(C)c(NC)n1. The lowest BCUT2D eigenvalue weighted by Crippen LogP contribution is -2.10. The maximum absolute atomic E-state index is 4.65. The van der Waals surface area contributed by atoms with E-state index in [0.717, 1.165) is 48.1 Å². The number of aryl methyl sites for hydroxylation is 2. The Bertz CT molecular complexity index is 559. The minimum Gasteiger partial charge on any atom is -0.373 e. The van der Waals surface area contributed by atoms with Gasteiger partial charge >= 0.3 is 0 Å². The van der Waals surface area contributed by atoms with Crippen molar-refractivity contribution in [2.45, 2.75) is 40.2 Å². The molecule has 0 unspecified atom stereocenters. The Kier molecular flexibility index (Phi) is 4.14. The van der Waals surface area contributed by atoms with Crippen molar-refractivity contribution in [2.24, 2.45) is 0 Å². The van der Waals surface area contributed by atoms with Gasteiger partial charge in [0.1, 0.15) is 17.5 Å². The van der Waals surface area contributed by atoms with Gasteiger partial charge in [0, 0.05) is 44.4 Å². The van der Waals surface area contributed by atoms with Gasteiger partial charge in [-0.1, -0.05) is 6.92 Å². The summed E-state index contributed by atoms with van der Waals surface area (Å²) in [5.74, 6) is 2.84. The van der Waals surface area contributed by atoms with Crippen molar-refractivity contribution in [1.29, 1.82) is 0 Å². The number of hydrogen-bond acceptors (Lipinski definition) is 4. The molecule has 0 aliphatic carbocycles. The number of anilines is 1. The van der Waals surface area contributed by atoms with Crippen molar-refractivity contribution < 1.29 is 0 Å². The number of nitrogens with one attached hydrogen (secondary N) is 1. The zero-order chi connectivity index (χ0) is 13.8. The first kappa shape index (κ1) is 13.5. The molecule has 0 spiro atoms. The fourth-order valence-electron chi connectivity index (χ4n) is 2.13. The molecule has 0 amide bonds. The third-order valence-corrected chi connectivity index (χ3v) is 3.31. The lowest BCUT2D eigenvalue weighted by Gasteiger charge is -2.12. The van der Waals surface area contributed by atoms with Gasteiger partial charge in [-0.05, 0) is 13.8 Å². The fraction of sp³-hybridized carbons (Fsp3) is 0.500. The van der Waals surface area contributed by atoms with Crippen LogP contribution in [0, 0.1) is 6.92 Å². The number of hydrogen-bond donors (Lipinski definition) is 1. The summed E-state index contributed by atoms with van der Waals surface area (Å²) in [6, 6.07) is 0. The van der Waals surface area contributed by atoms with E-state index >= 15 is 0 Å². The van der Waals surface area contributed by atoms with Gasteiger partial charge in [0.05, 0.1) is 5.69 Å². The van der Waals surface area contributed by atoms with Crippen LogP contribution < -0.4 is 5.32 Å². The van der Waals surface area contributed by atoms with E-state index in [4.69, 9.17) is 0 Å². The second-order valence-corrected chi connectivity index (χ2v) is 4.47. The third-order valence-electron chi connectivity index (χ3n) is 3.31. The minimum absolute atomic E-state index is 0.747. The highest BCUT2D eigenvalue weighted by atomic mass is 15.1. The molecule has 19 heavy (non-hydrogen) atoms. The molecule has 102 valence electrons. The lowest BCUT2D eigenvalue weighted by atomic mass is 10.1. The van der Waals surface area contributed by atoms with Crippen LogP contribution >= 0.6 is 0 Å². The van der Waals surface area contributed by atoms with Crippen LogP contribution in [0.3, 0.4) is 0 Å². The average Bonchev–Trinajstić information content (AvgIpc) is 2.88. The van der Waals surface area contributed by atoms with Crippen molar-refractivity contribution in [1.82, 2.24) is 19.5 Å². The zero-order valence-electron chi connectivity index (χ0n) is 12.1. The van der Waals surface area contributed by atoms with Crippen LogP contribution in [0.15, 0.2) is 12.4 Å². The first-order chi connectivity index (χ1) is 9.19. The molecule has 5 nitrogen and oxygen atoms in total. The van der Waals surface area contributed by atoms with Gasteiger partial charge in [-0.2, -0.15) is 0 Å². The monoisotopic (exact) mass is 259 g/mol. The van der Waals surface area contributed by atoms with E-state index in [1.54, 1.807) is 0 Å². The van der Waals surface area contributed by atoms with Crippen molar-refractivity contribution in [3.63, 3.8) is 0 Å². The van der Waals surface area contributed by atoms with Gasteiger partial charge in [0.15, 0.2) is 0 Å². The van der Waals surface area contributed by atoms with E-state index < -0.39 is 0 Å². The average molecular weight is 259 g/mol. The lowest BCUT2D eigenvalue weighted by molar-refractivity contribution is 0.704. The smallest absolute Gasteiger partial charge is 0.132 e. The van der Waals surface area contributed by atoms with Gasteiger partial charge in [-0.25, -0.2) is 15.0 Å². The topological polar surface area (TPSA) is 55.6 Å². The number of aromatic nitrogens is 4. The van der Waals surface area contributed by atoms with E-state index in [1.807, 2.05) is 19.4 Å². The second-order valence-electron chi connectivity index (χ2n) is 4.47. The summed E-state index contributed by atoms with van der Waals surface area (Å²) >= 11 is 0. The molecule has 2 rings (SSSR count). The third kappa shape index (κ3) is 2.75. The first-order valence-electron chi connectivity index (χ1n) is 6.73. The van der Waals surface area contributed by atoms with Gasteiger partial charge in [-0.3, -0.25) is 0 Å². The van der Waals surface area contributed by atoms with Gasteiger partial charge < -0.3 is 9.88 Å². The van der Waals surface area contributed by atoms with Crippen molar-refractivity contribution in [3.05, 3.63) is 35.3 Å². The largest absolute Gasteiger partial charge is 0.373 e. The van der Waals surface area contributed by atoms with Crippen molar-refractivity contribution in [3.8, 4) is 0 Å². The molecule has 2 aromatic heterocycles. The van der Waals surface area contributed by atoms with Crippen molar-refractivity contribution in [2.75, 3.05) is 12.4 Å². The molecule has 0 saturated heterocycles. The molecule has 2 heterocycles. The Balaban J connectivity index is 2.39. The highest BCUT2D eigenvalue weighted by Crippen LogP contribution is 2.18. The normalized spacial score (nSPS) is 10.7. The molecule has 0 aliphatic heterocycles. The maximum Gasteiger partial charge on any atom is 0.132 e. The number of imidazole rings is 1. The van der Waals surface area contributed by atoms with Crippen LogP contribution in [0.4, 0.5) is 5.82 Å². The van der Waals surface area contributed by atoms with E-state index in [9.17, 15) is 0 Å². The van der Waals surface area contributed by atoms with Crippen molar-refractivity contribution >= 4 is 5.82 Å². The summed E-state index contributed by atoms with van der Waals surface area (Å²) in [6.45, 7) is 7.17. The molecule has 0 aliphatic rings. The molecule has 0 atom stereocenters. The summed E-state index contributed by atoms with van der Waals surface area (Å²) in [5.41, 5.74) is 2.16. The standard InChI is InChI=1S/C14H21N5/c1-5-12-17-11(10(3)14(15-4)18-12)9-13-16-7-8-19(13)6-2/h7-8H,5-6,9H2,1-4H3,(H,15,17,18). The quantitative estimate of drug-likeness (QED) is 0.894. The maximum atomic E-state index is 4.65. The Morgan fingerprint density at radius 3 is 2.68 bits per heavy atom. The zero-order valence-corrected chi connectivity index (χ0v) is 12.1. The van der Waals surface area contributed by atoms with Crippen LogP contribution in [0.1, 0.15) is 36.8 Å². The molecule has 0 saturated carbocycles. The summed E-state index contributed by atoms with van der Waals surface area (Å²) < 4.78 is 2.15. The molecule has 2 aromatic rings. The molecule has 0 aromatic carbocycles. The Hall–Kier alpha value is -1.91. The fourth-order valence-corrected chi connectivity index (χ4v) is 2.13. The van der Waals surface area contributed by atoms with Gasteiger partial charge in [-0.15, -0.1) is 0 Å². The molecule has 5 heteroatoms. The number of rotatable bonds is 5. The molecule has 1 N–H and O–H groups in total. The first-order valence-corrected chi connectivity index (χ1v) is 6.73. The van der Waals surface area contributed by atoms with E-state index in [2.05, 4.69) is 45.6 Å². The minimum atomic E-state index is 0.747. The Morgan fingerprint density at radius 1 is 1.26 bits per heavy atom. The predicted molar refractivity (Wildman–Crippen MR) is 76.4 cm³/mol. The molecule has 0 fully saturated rings. The second kappa shape index (κ2) is 5.82. The molecular weight excluding hydrogens is 238 g/mol. The summed E-state index contributed by atoms with van der Waals surface area (Å²) in [5, 5.41) is 3.14. The number of nitrogens with zero attached hydrogens (tertiary/aromatic N) is 4. The predicted octanol–water partition coefficient (Wildman–Crippen LogP) is 2.20. The summed E-state index contributed by atoms with van der Waals surface area (Å²) in [6.07, 6.45) is 5.43. The van der Waals surface area contributed by atoms with Gasteiger partial charge in [0.25, 0.3) is 0 Å². The highest BCUT2D eigenvalue weighted by molar-refractivity contribution is 5.46. The summed E-state index contributed by atoms with van der Waals surface area (Å²) in [4.78, 5) is 13.6. The molecule has 0 radical (unpaired) electrons. The Morgan fingerprint density at radius 2 is 2.05 bits per heavy atom. The van der Waals surface area contributed by atoms with E-state index in [0.29, 0.717) is 0 Å². The van der Waals surface area contributed by atoms with Crippen LogP contribution in [0.5, 0.6) is 0 Å². The Labute approximate surface area is 114 Å². The van der Waals surface area contributed by atoms with E-state index in [-0.39, 0.29) is 0 Å². The van der Waals surface area contributed by atoms with Crippen LogP contribution in [0.2, 0.25) is 0 Å². The van der Waals surface area contributed by atoms with Crippen LogP contribution in [-0.4, -0.2) is 26.6 Å². The van der Waals surface area contributed by atoms with E-state index in [1.165, 1.54) is 0 Å². The highest BCUT2D eigenvalue weighted by Gasteiger charge is 2.12. The summed E-state index contributed by atoms with van der Waals surface area (Å²) in [7, 11) is 1.89. The molecular formula is C14H21N5.